The Hall–Kier alpha value is -3.94. The van der Waals surface area contributed by atoms with Gasteiger partial charge in [0.25, 0.3) is 5.56 Å². The molecular formula is C22H22N6O2. The summed E-state index contributed by atoms with van der Waals surface area (Å²) in [4.78, 5) is 29.8. The third-order valence-electron chi connectivity index (χ3n) is 4.95. The normalized spacial score (nSPS) is 11.4. The van der Waals surface area contributed by atoms with E-state index in [2.05, 4.69) is 21.6 Å². The lowest BCUT2D eigenvalue weighted by atomic mass is 10.1. The molecule has 0 unspecified atom stereocenters. The molecule has 8 heteroatoms. The number of benzene rings is 2. The fourth-order valence-corrected chi connectivity index (χ4v) is 3.38. The fourth-order valence-electron chi connectivity index (χ4n) is 3.38. The Morgan fingerprint density at radius 3 is 2.53 bits per heavy atom. The Labute approximate surface area is 172 Å². The van der Waals surface area contributed by atoms with Gasteiger partial charge >= 0.3 is 5.69 Å². The van der Waals surface area contributed by atoms with E-state index in [1.807, 2.05) is 55.5 Å². The van der Waals surface area contributed by atoms with Crippen molar-refractivity contribution >= 4 is 23.3 Å². The molecule has 2 heterocycles. The minimum absolute atomic E-state index is 0.313. The number of aryl methyl sites for hydroxylation is 2. The van der Waals surface area contributed by atoms with Gasteiger partial charge in [-0.2, -0.15) is 10.1 Å². The summed E-state index contributed by atoms with van der Waals surface area (Å²) in [5.41, 5.74) is 5.84. The average Bonchev–Trinajstić information content (AvgIpc) is 3.10. The maximum Gasteiger partial charge on any atom is 0.332 e. The lowest BCUT2D eigenvalue weighted by molar-refractivity contribution is 0.702. The second-order valence-corrected chi connectivity index (χ2v) is 7.17. The number of fused-ring (bicyclic) bond motifs is 1. The minimum atomic E-state index is -0.424. The van der Waals surface area contributed by atoms with Gasteiger partial charge in [0, 0.05) is 14.1 Å². The van der Waals surface area contributed by atoms with E-state index in [-0.39, 0.29) is 0 Å². The van der Waals surface area contributed by atoms with Gasteiger partial charge in [-0.15, -0.1) is 0 Å². The summed E-state index contributed by atoms with van der Waals surface area (Å²) < 4.78 is 4.22. The lowest BCUT2D eigenvalue weighted by Crippen LogP contribution is -2.37. The summed E-state index contributed by atoms with van der Waals surface area (Å²) in [5.74, 6) is 0.386. The number of hydrogen-bond acceptors (Lipinski definition) is 5. The molecule has 0 amide bonds. The molecule has 0 aliphatic carbocycles. The molecule has 0 aliphatic heterocycles. The van der Waals surface area contributed by atoms with Gasteiger partial charge in [-0.05, 0) is 18.1 Å². The number of nitrogens with one attached hydrogen (secondary N) is 1. The van der Waals surface area contributed by atoms with Crippen molar-refractivity contribution in [1.29, 1.82) is 0 Å². The predicted molar refractivity (Wildman–Crippen MR) is 118 cm³/mol. The monoisotopic (exact) mass is 402 g/mol. The molecule has 0 fully saturated rings. The van der Waals surface area contributed by atoms with Crippen LogP contribution in [0.15, 0.2) is 69.3 Å². The van der Waals surface area contributed by atoms with Crippen LogP contribution in [0.5, 0.6) is 0 Å². The van der Waals surface area contributed by atoms with Crippen LogP contribution in [0.3, 0.4) is 0 Å². The summed E-state index contributed by atoms with van der Waals surface area (Å²) >= 11 is 0. The molecule has 0 aliphatic rings. The number of hydrogen-bond donors (Lipinski definition) is 1. The van der Waals surface area contributed by atoms with Crippen LogP contribution < -0.4 is 16.7 Å². The van der Waals surface area contributed by atoms with Crippen molar-refractivity contribution in [2.75, 3.05) is 5.43 Å². The minimum Gasteiger partial charge on any atom is -0.298 e. The van der Waals surface area contributed by atoms with Crippen molar-refractivity contribution in [3.63, 3.8) is 0 Å². The molecular weight excluding hydrogens is 380 g/mol. The van der Waals surface area contributed by atoms with Crippen molar-refractivity contribution in [3.8, 4) is 0 Å². The second-order valence-electron chi connectivity index (χ2n) is 7.17. The molecule has 30 heavy (non-hydrogen) atoms. The summed E-state index contributed by atoms with van der Waals surface area (Å²) in [5, 5.41) is 4.28. The van der Waals surface area contributed by atoms with Gasteiger partial charge in [0.15, 0.2) is 11.2 Å². The molecule has 152 valence electrons. The van der Waals surface area contributed by atoms with Crippen LogP contribution in [0.1, 0.15) is 16.7 Å². The van der Waals surface area contributed by atoms with Gasteiger partial charge in [-0.3, -0.25) is 18.5 Å². The number of aromatic nitrogens is 4. The highest BCUT2D eigenvalue weighted by Crippen LogP contribution is 2.18. The van der Waals surface area contributed by atoms with E-state index >= 15 is 0 Å². The van der Waals surface area contributed by atoms with Crippen LogP contribution in [0.25, 0.3) is 11.2 Å². The number of hydrazone groups is 1. The summed E-state index contributed by atoms with van der Waals surface area (Å²) in [6, 6.07) is 17.7. The average molecular weight is 402 g/mol. The van der Waals surface area contributed by atoms with Crippen molar-refractivity contribution < 1.29 is 0 Å². The SMILES string of the molecule is Cc1cccc(Cn2c(N/N=C/c3ccccc3)nc3c2c(=O)n(C)c(=O)n3C)c1. The van der Waals surface area contributed by atoms with E-state index in [4.69, 9.17) is 0 Å². The first-order chi connectivity index (χ1) is 14.5. The first-order valence-electron chi connectivity index (χ1n) is 9.51. The molecule has 4 aromatic rings. The predicted octanol–water partition coefficient (Wildman–Crippen LogP) is 2.24. The zero-order chi connectivity index (χ0) is 21.3. The topological polar surface area (TPSA) is 86.2 Å². The molecule has 0 atom stereocenters. The molecule has 1 N–H and O–H groups in total. The van der Waals surface area contributed by atoms with E-state index < -0.39 is 11.2 Å². The molecule has 0 bridgehead atoms. The Morgan fingerprint density at radius 2 is 1.80 bits per heavy atom. The van der Waals surface area contributed by atoms with Gasteiger partial charge in [0.05, 0.1) is 12.8 Å². The fraction of sp³-hybridized carbons (Fsp3) is 0.182. The quantitative estimate of drug-likeness (QED) is 0.410. The number of imidazole rings is 1. The smallest absolute Gasteiger partial charge is 0.298 e. The summed E-state index contributed by atoms with van der Waals surface area (Å²) in [6.45, 7) is 2.43. The van der Waals surface area contributed by atoms with Gasteiger partial charge in [0.1, 0.15) is 0 Å². The van der Waals surface area contributed by atoms with Gasteiger partial charge in [-0.1, -0.05) is 60.2 Å². The number of rotatable bonds is 5. The Bertz CT molecular complexity index is 1360. The highest BCUT2D eigenvalue weighted by Gasteiger charge is 2.19. The largest absolute Gasteiger partial charge is 0.332 e. The van der Waals surface area contributed by atoms with E-state index in [0.717, 1.165) is 21.3 Å². The molecule has 0 saturated carbocycles. The maximum absolute atomic E-state index is 12.9. The van der Waals surface area contributed by atoms with Gasteiger partial charge in [-0.25, -0.2) is 10.2 Å². The van der Waals surface area contributed by atoms with Gasteiger partial charge in [0.2, 0.25) is 5.95 Å². The molecule has 0 radical (unpaired) electrons. The van der Waals surface area contributed by atoms with Crippen molar-refractivity contribution in [1.82, 2.24) is 18.7 Å². The van der Waals surface area contributed by atoms with Gasteiger partial charge < -0.3 is 0 Å². The first-order valence-corrected chi connectivity index (χ1v) is 9.51. The van der Waals surface area contributed by atoms with Crippen molar-refractivity contribution in [2.24, 2.45) is 19.2 Å². The zero-order valence-corrected chi connectivity index (χ0v) is 17.0. The number of anilines is 1. The van der Waals surface area contributed by atoms with Crippen molar-refractivity contribution in [3.05, 3.63) is 92.1 Å². The van der Waals surface area contributed by atoms with E-state index in [0.29, 0.717) is 23.7 Å². The highest BCUT2D eigenvalue weighted by molar-refractivity contribution is 5.80. The summed E-state index contributed by atoms with van der Waals surface area (Å²) in [7, 11) is 3.07. The van der Waals surface area contributed by atoms with Crippen LogP contribution in [-0.4, -0.2) is 24.9 Å². The summed E-state index contributed by atoms with van der Waals surface area (Å²) in [6.07, 6.45) is 1.67. The van der Waals surface area contributed by atoms with E-state index in [1.165, 1.54) is 11.6 Å². The van der Waals surface area contributed by atoms with Crippen LogP contribution in [0.4, 0.5) is 5.95 Å². The molecule has 8 nitrogen and oxygen atoms in total. The Kier molecular flexibility index (Phi) is 5.05. The van der Waals surface area contributed by atoms with E-state index in [9.17, 15) is 9.59 Å². The lowest BCUT2D eigenvalue weighted by Gasteiger charge is -2.10. The van der Waals surface area contributed by atoms with Crippen LogP contribution in [0, 0.1) is 6.92 Å². The Morgan fingerprint density at radius 1 is 1.03 bits per heavy atom. The third-order valence-corrected chi connectivity index (χ3v) is 4.95. The molecule has 2 aromatic heterocycles. The highest BCUT2D eigenvalue weighted by atomic mass is 16.2. The number of nitrogens with zero attached hydrogens (tertiary/aromatic N) is 5. The molecule has 4 rings (SSSR count). The third kappa shape index (κ3) is 3.55. The zero-order valence-electron chi connectivity index (χ0n) is 17.0. The Balaban J connectivity index is 1.84. The van der Waals surface area contributed by atoms with Crippen LogP contribution in [0.2, 0.25) is 0 Å². The second kappa shape index (κ2) is 7.82. The standard InChI is InChI=1S/C22H22N6O2/c1-15-8-7-11-17(12-15)14-28-18-19(26(2)22(30)27(3)20(18)29)24-21(28)25-23-13-16-9-5-4-6-10-16/h4-13H,14H2,1-3H3,(H,24,25)/b23-13+. The molecule has 0 spiro atoms. The maximum atomic E-state index is 12.9. The first kappa shape index (κ1) is 19.4. The molecule has 0 saturated heterocycles. The van der Waals surface area contributed by atoms with Crippen LogP contribution >= 0.6 is 0 Å². The molecule has 2 aromatic carbocycles. The van der Waals surface area contributed by atoms with Crippen LogP contribution in [-0.2, 0) is 20.6 Å². The van der Waals surface area contributed by atoms with E-state index in [1.54, 1.807) is 17.8 Å². The van der Waals surface area contributed by atoms with Crippen molar-refractivity contribution in [2.45, 2.75) is 13.5 Å².